The van der Waals surface area contributed by atoms with Crippen molar-refractivity contribution < 1.29 is 17.9 Å². The zero-order chi connectivity index (χ0) is 19.9. The maximum atomic E-state index is 12.6. The molecule has 0 aliphatic rings. The van der Waals surface area contributed by atoms with E-state index in [4.69, 9.17) is 15.4 Å². The van der Waals surface area contributed by atoms with Gasteiger partial charge in [0.15, 0.2) is 0 Å². The van der Waals surface area contributed by atoms with E-state index in [0.717, 1.165) is 37.7 Å². The fourth-order valence-electron chi connectivity index (χ4n) is 2.86. The average molecular weight is 412 g/mol. The number of halogens is 1. The Bertz CT molecular complexity index is 846. The molecule has 0 saturated heterocycles. The molecular formula is C20H26ClNO4S. The highest BCUT2D eigenvalue weighted by molar-refractivity contribution is 8.13. The Morgan fingerprint density at radius 2 is 1.89 bits per heavy atom. The number of carbonyl (C=O) groups is 1. The monoisotopic (exact) mass is 411 g/mol. The van der Waals surface area contributed by atoms with Crippen molar-refractivity contribution >= 4 is 25.7 Å². The number of hydrogen-bond donors (Lipinski definition) is 0. The van der Waals surface area contributed by atoms with Gasteiger partial charge in [-0.25, -0.2) is 13.2 Å². The van der Waals surface area contributed by atoms with Crippen molar-refractivity contribution in [3.63, 3.8) is 0 Å². The van der Waals surface area contributed by atoms with Gasteiger partial charge in [-0.1, -0.05) is 56.5 Å². The van der Waals surface area contributed by atoms with E-state index in [1.165, 1.54) is 12.3 Å². The van der Waals surface area contributed by atoms with Crippen molar-refractivity contribution in [2.24, 2.45) is 0 Å². The number of hydrogen-bond acceptors (Lipinski definition) is 4. The maximum absolute atomic E-state index is 12.6. The summed E-state index contributed by atoms with van der Waals surface area (Å²) in [5.41, 5.74) is 1.12. The summed E-state index contributed by atoms with van der Waals surface area (Å²) < 4.78 is 30.5. The summed E-state index contributed by atoms with van der Waals surface area (Å²) in [6.45, 7) is 4.35. The molecule has 1 heterocycles. The van der Waals surface area contributed by atoms with Gasteiger partial charge in [-0.15, -0.1) is 0 Å². The summed E-state index contributed by atoms with van der Waals surface area (Å²) in [7, 11) is 1.53. The molecule has 0 radical (unpaired) electrons. The molecule has 0 fully saturated rings. The van der Waals surface area contributed by atoms with Crippen molar-refractivity contribution in [1.82, 2.24) is 4.57 Å². The van der Waals surface area contributed by atoms with E-state index >= 15 is 0 Å². The smallest absolute Gasteiger partial charge is 0.355 e. The van der Waals surface area contributed by atoms with Gasteiger partial charge in [0.05, 0.1) is 6.10 Å². The van der Waals surface area contributed by atoms with Crippen molar-refractivity contribution in [2.75, 3.05) is 0 Å². The van der Waals surface area contributed by atoms with Crippen LogP contribution >= 0.6 is 10.7 Å². The molecule has 0 aliphatic carbocycles. The summed E-state index contributed by atoms with van der Waals surface area (Å²) in [5.74, 6) is -0.541. The van der Waals surface area contributed by atoms with Crippen molar-refractivity contribution in [2.45, 2.75) is 63.5 Å². The van der Waals surface area contributed by atoms with E-state index in [0.29, 0.717) is 6.54 Å². The molecule has 2 aromatic rings. The van der Waals surface area contributed by atoms with E-state index in [9.17, 15) is 13.2 Å². The quantitative estimate of drug-likeness (QED) is 0.314. The standard InChI is InChI=1S/C20H26ClNO4S/c1-3-4-5-7-10-16(2)26-20(23)19-13-18(27(21,24)25)15-22(19)14-17-11-8-6-9-12-17/h6,8-9,11-13,15-16H,3-5,7,10,14H2,1-2H3. The number of unbranched alkanes of at least 4 members (excludes halogenated alkanes) is 3. The third kappa shape index (κ3) is 6.70. The predicted molar refractivity (Wildman–Crippen MR) is 107 cm³/mol. The van der Waals surface area contributed by atoms with Crippen LogP contribution in [0.5, 0.6) is 0 Å². The second-order valence-electron chi connectivity index (χ2n) is 6.68. The largest absolute Gasteiger partial charge is 0.458 e. The van der Waals surface area contributed by atoms with E-state index in [1.807, 2.05) is 37.3 Å². The fourth-order valence-corrected chi connectivity index (χ4v) is 3.62. The van der Waals surface area contributed by atoms with Gasteiger partial charge in [-0.2, -0.15) is 0 Å². The number of esters is 1. The molecule has 148 valence electrons. The lowest BCUT2D eigenvalue weighted by atomic mass is 10.1. The number of aromatic nitrogens is 1. The van der Waals surface area contributed by atoms with E-state index in [2.05, 4.69) is 6.92 Å². The van der Waals surface area contributed by atoms with E-state index in [1.54, 1.807) is 4.57 Å². The first-order valence-electron chi connectivity index (χ1n) is 9.21. The minimum Gasteiger partial charge on any atom is -0.458 e. The molecule has 1 aromatic carbocycles. The molecule has 1 aromatic heterocycles. The lowest BCUT2D eigenvalue weighted by Gasteiger charge is -2.14. The number of nitrogens with zero attached hydrogens (tertiary/aromatic N) is 1. The van der Waals surface area contributed by atoms with Gasteiger partial charge < -0.3 is 9.30 Å². The zero-order valence-corrected chi connectivity index (χ0v) is 17.3. The molecule has 2 rings (SSSR count). The normalized spacial score (nSPS) is 12.7. The Morgan fingerprint density at radius 1 is 1.19 bits per heavy atom. The highest BCUT2D eigenvalue weighted by atomic mass is 35.7. The van der Waals surface area contributed by atoms with Crippen LogP contribution in [0.3, 0.4) is 0 Å². The van der Waals surface area contributed by atoms with Gasteiger partial charge in [0.2, 0.25) is 0 Å². The lowest BCUT2D eigenvalue weighted by Crippen LogP contribution is -2.18. The zero-order valence-electron chi connectivity index (χ0n) is 15.7. The summed E-state index contributed by atoms with van der Waals surface area (Å²) >= 11 is 0. The van der Waals surface area contributed by atoms with Crippen LogP contribution in [0, 0.1) is 0 Å². The predicted octanol–water partition coefficient (Wildman–Crippen LogP) is 4.98. The van der Waals surface area contributed by atoms with Crippen LogP contribution in [-0.2, 0) is 20.3 Å². The Kier molecular flexibility index (Phi) is 7.92. The van der Waals surface area contributed by atoms with Crippen LogP contribution in [0.15, 0.2) is 47.5 Å². The number of benzene rings is 1. The van der Waals surface area contributed by atoms with Crippen LogP contribution in [0.1, 0.15) is 62.0 Å². The third-order valence-corrected chi connectivity index (χ3v) is 5.65. The van der Waals surface area contributed by atoms with Gasteiger partial charge in [-0.3, -0.25) is 0 Å². The minimum atomic E-state index is -3.94. The van der Waals surface area contributed by atoms with E-state index < -0.39 is 15.0 Å². The van der Waals surface area contributed by atoms with Crippen molar-refractivity contribution in [3.05, 3.63) is 53.9 Å². The molecule has 0 amide bonds. The van der Waals surface area contributed by atoms with Crippen molar-refractivity contribution in [1.29, 1.82) is 0 Å². The summed E-state index contributed by atoms with van der Waals surface area (Å²) in [4.78, 5) is 12.5. The minimum absolute atomic E-state index is 0.109. The Hall–Kier alpha value is -1.79. The average Bonchev–Trinajstić information content (AvgIpc) is 3.04. The number of ether oxygens (including phenoxy) is 1. The molecule has 1 unspecified atom stereocenters. The van der Waals surface area contributed by atoms with Gasteiger partial charge >= 0.3 is 5.97 Å². The van der Waals surface area contributed by atoms with Gasteiger partial charge in [0.25, 0.3) is 9.05 Å². The van der Waals surface area contributed by atoms with Crippen LogP contribution in [-0.4, -0.2) is 25.1 Å². The highest BCUT2D eigenvalue weighted by Gasteiger charge is 2.22. The lowest BCUT2D eigenvalue weighted by molar-refractivity contribution is 0.0307. The van der Waals surface area contributed by atoms with E-state index in [-0.39, 0.29) is 16.7 Å². The number of rotatable bonds is 10. The SMILES string of the molecule is CCCCCCC(C)OC(=O)c1cc(S(=O)(=O)Cl)cn1Cc1ccccc1. The summed E-state index contributed by atoms with van der Waals surface area (Å²) in [5, 5.41) is 0. The Balaban J connectivity index is 2.15. The molecule has 7 heteroatoms. The number of carbonyl (C=O) groups excluding carboxylic acids is 1. The second kappa shape index (κ2) is 9.95. The molecule has 27 heavy (non-hydrogen) atoms. The first kappa shape index (κ1) is 21.5. The Labute approximate surface area is 165 Å². The van der Waals surface area contributed by atoms with Crippen LogP contribution < -0.4 is 0 Å². The maximum Gasteiger partial charge on any atom is 0.355 e. The fraction of sp³-hybridized carbons (Fsp3) is 0.450. The molecule has 0 bridgehead atoms. The Morgan fingerprint density at radius 3 is 2.52 bits per heavy atom. The van der Waals surface area contributed by atoms with Gasteiger partial charge in [0.1, 0.15) is 10.6 Å². The molecule has 0 aliphatic heterocycles. The first-order chi connectivity index (χ1) is 12.8. The topological polar surface area (TPSA) is 65.4 Å². The molecule has 0 spiro atoms. The van der Waals surface area contributed by atoms with Gasteiger partial charge in [-0.05, 0) is 31.4 Å². The summed E-state index contributed by atoms with van der Waals surface area (Å²) in [6, 6.07) is 10.7. The second-order valence-corrected chi connectivity index (χ2v) is 9.24. The molecular weight excluding hydrogens is 386 g/mol. The van der Waals surface area contributed by atoms with Crippen LogP contribution in [0.4, 0.5) is 0 Å². The first-order valence-corrected chi connectivity index (χ1v) is 11.5. The molecule has 5 nitrogen and oxygen atoms in total. The molecule has 1 atom stereocenters. The summed E-state index contributed by atoms with van der Waals surface area (Å²) in [6.07, 6.45) is 6.34. The van der Waals surface area contributed by atoms with Crippen LogP contribution in [0.2, 0.25) is 0 Å². The van der Waals surface area contributed by atoms with Gasteiger partial charge in [0, 0.05) is 23.4 Å². The highest BCUT2D eigenvalue weighted by Crippen LogP contribution is 2.21. The van der Waals surface area contributed by atoms with Crippen molar-refractivity contribution in [3.8, 4) is 0 Å². The molecule has 0 saturated carbocycles. The van der Waals surface area contributed by atoms with Crippen LogP contribution in [0.25, 0.3) is 0 Å². The molecule has 0 N–H and O–H groups in total. The third-order valence-electron chi connectivity index (χ3n) is 4.33.